The smallest absolute Gasteiger partial charge is 0.227 e. The predicted molar refractivity (Wildman–Crippen MR) is 131 cm³/mol. The number of fused-ring (bicyclic) bond motifs is 1. The lowest BCUT2D eigenvalue weighted by Crippen LogP contribution is -2.39. The van der Waals surface area contributed by atoms with Gasteiger partial charge in [-0.1, -0.05) is 42.5 Å². The van der Waals surface area contributed by atoms with Gasteiger partial charge < -0.3 is 15.5 Å². The average molecular weight is 506 g/mol. The molecule has 2 N–H and O–H groups in total. The summed E-state index contributed by atoms with van der Waals surface area (Å²) >= 11 is 0. The van der Waals surface area contributed by atoms with Crippen LogP contribution >= 0.6 is 24.0 Å². The third kappa shape index (κ3) is 5.95. The highest BCUT2D eigenvalue weighted by atomic mass is 127. The van der Waals surface area contributed by atoms with E-state index in [2.05, 4.69) is 59.8 Å². The van der Waals surface area contributed by atoms with Crippen LogP contribution in [0.2, 0.25) is 0 Å². The minimum atomic E-state index is 0. The van der Waals surface area contributed by atoms with Crippen molar-refractivity contribution in [3.05, 3.63) is 65.2 Å². The molecule has 1 aliphatic rings. The number of aryl methyl sites for hydroxylation is 1. The number of carbonyl (C=O) groups is 1. The largest absolute Gasteiger partial charge is 0.356 e. The van der Waals surface area contributed by atoms with Gasteiger partial charge in [0.25, 0.3) is 0 Å². The number of nitrogens with one attached hydrogen (secondary N) is 2. The van der Waals surface area contributed by atoms with Gasteiger partial charge in [0.15, 0.2) is 5.96 Å². The van der Waals surface area contributed by atoms with Crippen molar-refractivity contribution in [1.82, 2.24) is 10.6 Å². The molecule has 1 aliphatic heterocycles. The van der Waals surface area contributed by atoms with Crippen molar-refractivity contribution in [3.63, 3.8) is 0 Å². The number of guanidine groups is 1. The highest BCUT2D eigenvalue weighted by Crippen LogP contribution is 2.28. The second-order valence-corrected chi connectivity index (χ2v) is 7.25. The molecule has 1 amide bonds. The zero-order chi connectivity index (χ0) is 19.9. The molecule has 0 saturated heterocycles. The van der Waals surface area contributed by atoms with Crippen molar-refractivity contribution in [2.45, 2.75) is 39.2 Å². The van der Waals surface area contributed by atoms with Gasteiger partial charge in [0.2, 0.25) is 5.91 Å². The maximum Gasteiger partial charge on any atom is 0.227 e. The fourth-order valence-electron chi connectivity index (χ4n) is 3.73. The second-order valence-electron chi connectivity index (χ2n) is 7.25. The van der Waals surface area contributed by atoms with E-state index in [1.165, 1.54) is 16.7 Å². The molecule has 29 heavy (non-hydrogen) atoms. The van der Waals surface area contributed by atoms with Gasteiger partial charge in [-0.05, 0) is 49.4 Å². The van der Waals surface area contributed by atoms with E-state index in [0.717, 1.165) is 31.0 Å². The number of para-hydroxylation sites is 1. The van der Waals surface area contributed by atoms with Crippen molar-refractivity contribution in [2.24, 2.45) is 4.99 Å². The van der Waals surface area contributed by atoms with Crippen LogP contribution in [0, 0.1) is 6.92 Å². The lowest BCUT2D eigenvalue weighted by atomic mass is 10.0. The van der Waals surface area contributed by atoms with E-state index in [1.54, 1.807) is 7.05 Å². The van der Waals surface area contributed by atoms with Crippen molar-refractivity contribution in [3.8, 4) is 0 Å². The van der Waals surface area contributed by atoms with Gasteiger partial charge in [0.1, 0.15) is 0 Å². The molecule has 1 heterocycles. The molecule has 1 unspecified atom stereocenters. The van der Waals surface area contributed by atoms with Crippen molar-refractivity contribution in [2.75, 3.05) is 25.0 Å². The molecule has 2 aromatic carbocycles. The van der Waals surface area contributed by atoms with Gasteiger partial charge in [0, 0.05) is 32.2 Å². The quantitative estimate of drug-likeness (QED) is 0.267. The maximum atomic E-state index is 12.6. The molecule has 0 aromatic heterocycles. The zero-order valence-electron chi connectivity index (χ0n) is 17.4. The van der Waals surface area contributed by atoms with Crippen LogP contribution < -0.4 is 15.5 Å². The molecule has 5 nitrogen and oxygen atoms in total. The molecule has 2 aromatic rings. The predicted octanol–water partition coefficient (Wildman–Crippen LogP) is 4.21. The number of nitrogens with zero attached hydrogens (tertiary/aromatic N) is 2. The van der Waals surface area contributed by atoms with E-state index in [-0.39, 0.29) is 35.9 Å². The number of halogens is 1. The molecule has 0 aliphatic carbocycles. The summed E-state index contributed by atoms with van der Waals surface area (Å²) in [5, 5.41) is 6.75. The molecule has 0 radical (unpaired) electrons. The van der Waals surface area contributed by atoms with Crippen molar-refractivity contribution >= 4 is 41.5 Å². The van der Waals surface area contributed by atoms with Crippen molar-refractivity contribution in [1.29, 1.82) is 0 Å². The second kappa shape index (κ2) is 11.2. The van der Waals surface area contributed by atoms with Crippen LogP contribution in [0.25, 0.3) is 0 Å². The van der Waals surface area contributed by atoms with E-state index < -0.39 is 0 Å². The third-order valence-electron chi connectivity index (χ3n) is 5.28. The molecule has 3 rings (SSSR count). The fraction of sp³-hybridized carbons (Fsp3) is 0.391. The van der Waals surface area contributed by atoms with E-state index >= 15 is 0 Å². The van der Waals surface area contributed by atoms with Gasteiger partial charge in [0.05, 0.1) is 6.04 Å². The molecular weight excluding hydrogens is 475 g/mol. The molecule has 6 heteroatoms. The number of carbonyl (C=O) groups excluding carboxylic acids is 1. The number of anilines is 1. The minimum absolute atomic E-state index is 0. The topological polar surface area (TPSA) is 56.7 Å². The Morgan fingerprint density at radius 1 is 1.17 bits per heavy atom. The molecule has 0 spiro atoms. The Labute approximate surface area is 191 Å². The standard InChI is InChI=1S/C23H30N4O.HI/c1-17-9-4-6-11-20(17)18(2)26-23(24-3)25-15-8-13-22(28)27-16-14-19-10-5-7-12-21(19)27;/h4-7,9-12,18H,8,13-16H2,1-3H3,(H2,24,25,26);1H. The van der Waals surface area contributed by atoms with Gasteiger partial charge >= 0.3 is 0 Å². The minimum Gasteiger partial charge on any atom is -0.356 e. The average Bonchev–Trinajstić information content (AvgIpc) is 3.14. The van der Waals surface area contributed by atoms with E-state index in [0.29, 0.717) is 13.0 Å². The number of benzene rings is 2. The lowest BCUT2D eigenvalue weighted by molar-refractivity contribution is -0.118. The molecule has 0 fully saturated rings. The highest BCUT2D eigenvalue weighted by Gasteiger charge is 2.23. The maximum absolute atomic E-state index is 12.6. The molecule has 0 bridgehead atoms. The first kappa shape index (κ1) is 23.2. The Hall–Kier alpha value is -2.09. The Balaban J connectivity index is 0.00000300. The summed E-state index contributed by atoms with van der Waals surface area (Å²) in [5.74, 6) is 0.956. The number of amides is 1. The highest BCUT2D eigenvalue weighted by molar-refractivity contribution is 14.0. The van der Waals surface area contributed by atoms with Crippen LogP contribution in [0.5, 0.6) is 0 Å². The summed E-state index contributed by atoms with van der Waals surface area (Å²) in [6.07, 6.45) is 2.26. The van der Waals surface area contributed by atoms with Crippen molar-refractivity contribution < 1.29 is 4.79 Å². The Kier molecular flexibility index (Phi) is 8.95. The van der Waals surface area contributed by atoms with E-state index in [9.17, 15) is 4.79 Å². The Morgan fingerprint density at radius 3 is 2.66 bits per heavy atom. The number of hydrogen-bond donors (Lipinski definition) is 2. The number of rotatable bonds is 6. The van der Waals surface area contributed by atoms with Crippen LogP contribution in [-0.4, -0.2) is 32.0 Å². The first-order chi connectivity index (χ1) is 13.6. The SMILES string of the molecule is CN=C(NCCCC(=O)N1CCc2ccccc21)NC(C)c1ccccc1C.I. The summed E-state index contributed by atoms with van der Waals surface area (Å²) < 4.78 is 0. The first-order valence-electron chi connectivity index (χ1n) is 10.0. The summed E-state index contributed by atoms with van der Waals surface area (Å²) in [4.78, 5) is 18.8. The third-order valence-corrected chi connectivity index (χ3v) is 5.28. The summed E-state index contributed by atoms with van der Waals surface area (Å²) in [6, 6.07) is 16.7. The van der Waals surface area contributed by atoms with Gasteiger partial charge in [-0.25, -0.2) is 0 Å². The summed E-state index contributed by atoms with van der Waals surface area (Å²) in [5.41, 5.74) is 4.86. The van der Waals surface area contributed by atoms with Crippen LogP contribution in [0.15, 0.2) is 53.5 Å². The van der Waals surface area contributed by atoms with E-state index in [4.69, 9.17) is 0 Å². The Morgan fingerprint density at radius 2 is 1.90 bits per heavy atom. The summed E-state index contributed by atoms with van der Waals surface area (Å²) in [7, 11) is 1.77. The van der Waals surface area contributed by atoms with E-state index in [1.807, 2.05) is 23.1 Å². The van der Waals surface area contributed by atoms with Crippen LogP contribution in [0.4, 0.5) is 5.69 Å². The zero-order valence-corrected chi connectivity index (χ0v) is 19.8. The first-order valence-corrected chi connectivity index (χ1v) is 10.0. The van der Waals surface area contributed by atoms with Crippen LogP contribution in [0.1, 0.15) is 42.5 Å². The van der Waals surface area contributed by atoms with Gasteiger partial charge in [-0.3, -0.25) is 9.79 Å². The molecular formula is C23H31IN4O. The number of aliphatic imine (C=N–C) groups is 1. The molecule has 156 valence electrons. The monoisotopic (exact) mass is 506 g/mol. The van der Waals surface area contributed by atoms with Gasteiger partial charge in [-0.2, -0.15) is 0 Å². The summed E-state index contributed by atoms with van der Waals surface area (Å²) in [6.45, 7) is 5.75. The molecule has 0 saturated carbocycles. The van der Waals surface area contributed by atoms with Gasteiger partial charge in [-0.15, -0.1) is 24.0 Å². The normalized spacial score (nSPS) is 14.0. The molecule has 1 atom stereocenters. The van der Waals surface area contributed by atoms with Crippen LogP contribution in [0.3, 0.4) is 0 Å². The Bertz CT molecular complexity index is 852. The lowest BCUT2D eigenvalue weighted by Gasteiger charge is -2.20. The van der Waals surface area contributed by atoms with Crippen LogP contribution in [-0.2, 0) is 11.2 Å². The fourth-order valence-corrected chi connectivity index (χ4v) is 3.73. The number of hydrogen-bond acceptors (Lipinski definition) is 2.